The number of phosphoric acid groups is 7. The summed E-state index contributed by atoms with van der Waals surface area (Å²) in [6.45, 7) is -2.56. The van der Waals surface area contributed by atoms with E-state index in [4.69, 9.17) is 63.1 Å². The minimum Gasteiger partial charge on any atom is -0.508 e. The van der Waals surface area contributed by atoms with E-state index in [1.807, 2.05) is 10.8 Å². The van der Waals surface area contributed by atoms with Gasteiger partial charge in [-0.2, -0.15) is 0 Å². The molecule has 4 aromatic carbocycles. The molecule has 0 bridgehead atoms. The first kappa shape index (κ1) is 112. The monoisotopic (exact) mass is 2050 g/mol. The van der Waals surface area contributed by atoms with Gasteiger partial charge >= 0.3 is 62.4 Å². The van der Waals surface area contributed by atoms with Crippen LogP contribution in [0.2, 0.25) is 0 Å². The number of carbonyl (C=O) groups is 2. The molecule has 0 radical (unpaired) electrons. The summed E-state index contributed by atoms with van der Waals surface area (Å²) >= 11 is 0. The van der Waals surface area contributed by atoms with Crippen LogP contribution in [-0.4, -0.2) is 177 Å². The average molecular weight is 2050 g/mol. The standard InChI is InChI=1S/C80H112N2O40P8S2/c1-4-5-6-14-46-131-132-47-15-8-7-13-37-111-129(101,102)121-122-130(103,104)117-57-60(22-10-12-36-82-80(88)64-26-17-24-62(49-64)78-71-33-29-67(85)52-75(71)119-76-53-68(86)30-34-72(76)78)56-116-127(97,98)110-42-20-43-112-128(99,100)120-105-44-45-113-124(91,92)107-40-19-41-109-126(95,96)115-55-59(54-114-125(93,94)108-39-18-38-106-123(89,90)58(2)3)21-9-11-35-81-79(87)63-25-16-23-61(48-63)77-69-31-27-65(83)50-73(69)118-74-51-66(84)28-32-70(74)77/h16-17,23-34,48-53,58-60,83,85H,4-15,18-22,35-47,54-57H2,1-3H3,(H,81,87)(H,82,88)(H,89,90)(H,91,92)(H,93,94)(H,95,96)(H,97,98)(H,99,100)(H,101,102)(H,103,104). The minimum atomic E-state index is -5.33. The lowest BCUT2D eigenvalue weighted by Crippen LogP contribution is -2.24. The fourth-order valence-electron chi connectivity index (χ4n) is 12.4. The Morgan fingerprint density at radius 2 is 0.750 bits per heavy atom. The number of unbranched alkanes of at least 4 members (excludes halogenated alkanes) is 8. The number of nitrogens with one attached hydrogen (secondary N) is 2. The highest BCUT2D eigenvalue weighted by atomic mass is 33.1. The summed E-state index contributed by atoms with van der Waals surface area (Å²) < 4.78 is 187. The maximum atomic E-state index is 13.6. The zero-order valence-electron chi connectivity index (χ0n) is 72.4. The van der Waals surface area contributed by atoms with Crippen LogP contribution in [0.3, 0.4) is 0 Å². The molecule has 12 N–H and O–H groups in total. The van der Waals surface area contributed by atoms with Crippen LogP contribution >= 0.6 is 83.9 Å². The van der Waals surface area contributed by atoms with Crippen LogP contribution in [0, 0.1) is 11.8 Å². The van der Waals surface area contributed by atoms with Crippen LogP contribution in [0.15, 0.2) is 140 Å². The first-order chi connectivity index (χ1) is 62.6. The molecular weight excluding hydrogens is 1940 g/mol. The predicted molar refractivity (Wildman–Crippen MR) is 488 cm³/mol. The van der Waals surface area contributed by atoms with Gasteiger partial charge in [0.05, 0.1) is 84.9 Å². The normalized spacial score (nSPS) is 16.2. The second-order valence-electron chi connectivity index (χ2n) is 30.0. The molecule has 10 atom stereocenters. The van der Waals surface area contributed by atoms with E-state index in [1.54, 1.807) is 83.6 Å². The van der Waals surface area contributed by atoms with Crippen LogP contribution in [0.5, 0.6) is 11.5 Å². The molecule has 4 aromatic rings. The summed E-state index contributed by atoms with van der Waals surface area (Å²) in [5.74, 6) is -0.499. The van der Waals surface area contributed by atoms with Gasteiger partial charge in [-0.25, -0.2) is 36.8 Å². The Kier molecular flexibility index (Phi) is 46.7. The third kappa shape index (κ3) is 40.8. The van der Waals surface area contributed by atoms with E-state index in [0.717, 1.165) is 24.3 Å². The van der Waals surface area contributed by atoms with Crippen molar-refractivity contribution >= 4 is 118 Å². The Balaban J connectivity index is 0.732. The molecule has 132 heavy (non-hydrogen) atoms. The lowest BCUT2D eigenvalue weighted by molar-refractivity contribution is -0.228. The Labute approximate surface area is 768 Å². The summed E-state index contributed by atoms with van der Waals surface area (Å²) in [7, 11) is -35.5. The summed E-state index contributed by atoms with van der Waals surface area (Å²) in [5.41, 5.74) is 3.38. The number of benzene rings is 6. The highest BCUT2D eigenvalue weighted by Crippen LogP contribution is 2.55. The molecule has 4 aliphatic rings. The predicted octanol–water partition coefficient (Wildman–Crippen LogP) is 17.7. The summed E-state index contributed by atoms with van der Waals surface area (Å²) in [6, 6.07) is 31.0. The Bertz CT molecular complexity index is 5480. The van der Waals surface area contributed by atoms with Crippen LogP contribution in [0.4, 0.5) is 0 Å². The number of rotatable bonds is 68. The number of amides is 2. The van der Waals surface area contributed by atoms with Crippen molar-refractivity contribution in [1.82, 2.24) is 10.6 Å². The van der Waals surface area contributed by atoms with Crippen molar-refractivity contribution in [1.29, 1.82) is 0 Å². The van der Waals surface area contributed by atoms with Gasteiger partial charge in [-0.3, -0.25) is 73.5 Å². The molecule has 2 aliphatic carbocycles. The molecule has 0 saturated carbocycles. The van der Waals surface area contributed by atoms with Gasteiger partial charge in [-0.1, -0.05) is 112 Å². The maximum Gasteiger partial charge on any atom is 0.499 e. The van der Waals surface area contributed by atoms with Crippen molar-refractivity contribution in [2.75, 3.05) is 110 Å². The van der Waals surface area contributed by atoms with Gasteiger partial charge < -0.3 is 73.4 Å². The van der Waals surface area contributed by atoms with E-state index in [-0.39, 0.29) is 128 Å². The molecule has 734 valence electrons. The fourth-order valence-corrected chi connectivity index (χ4v) is 20.8. The van der Waals surface area contributed by atoms with Crippen molar-refractivity contribution < 1.29 is 178 Å². The molecule has 0 aromatic heterocycles. The summed E-state index contributed by atoms with van der Waals surface area (Å²) in [4.78, 5) is 139. The summed E-state index contributed by atoms with van der Waals surface area (Å²) in [6.07, 6.45) is 7.89. The molecule has 0 spiro atoms. The summed E-state index contributed by atoms with van der Waals surface area (Å²) in [5, 5.41) is 27.2. The van der Waals surface area contributed by atoms with E-state index < -0.39 is 164 Å². The van der Waals surface area contributed by atoms with Crippen molar-refractivity contribution in [2.45, 2.75) is 136 Å². The van der Waals surface area contributed by atoms with E-state index in [2.05, 4.69) is 36.5 Å². The van der Waals surface area contributed by atoms with Crippen molar-refractivity contribution in [3.63, 3.8) is 0 Å². The minimum absolute atomic E-state index is 0.00831. The van der Waals surface area contributed by atoms with Gasteiger partial charge in [0.25, 0.3) is 11.8 Å². The average Bonchev–Trinajstić information content (AvgIpc) is 0.758. The molecule has 2 aliphatic heterocycles. The second kappa shape index (κ2) is 55.2. The number of aromatic hydroxyl groups is 2. The number of hydrogen-bond donors (Lipinski definition) is 12. The molecule has 10 unspecified atom stereocenters. The molecule has 2 heterocycles. The Morgan fingerprint density at radius 3 is 1.18 bits per heavy atom. The highest BCUT2D eigenvalue weighted by molar-refractivity contribution is 8.76. The maximum absolute atomic E-state index is 13.6. The lowest BCUT2D eigenvalue weighted by Gasteiger charge is -2.21. The lowest BCUT2D eigenvalue weighted by atomic mass is 9.92. The van der Waals surface area contributed by atoms with Crippen molar-refractivity contribution in [3.8, 4) is 56.4 Å². The second-order valence-corrected chi connectivity index (χ2v) is 45.0. The third-order valence-corrected chi connectivity index (χ3v) is 30.0. The topological polar surface area (TPSA) is 605 Å². The SMILES string of the molecule is CCCCCCSSCCCCCCOP(=O)(O)OOP(=O)(O)OCC(CCCCNC(=O)c1cccc(-c2c3ccc(=O)cc-3oc3cc(O)ccc23)c1)COP(=O)(O)OCCCOP(=O)(O)OOCCOP(=O)(O)OCCCOP(=O)(O)OCC(CCCCNC(=O)c1cccc(-c2c3ccc(=O)cc-3oc3cc(O)ccc23)c1)COP(=O)(O)OCCCOP(=O)(O)C(C)C. The molecule has 42 nitrogen and oxygen atoms in total. The van der Waals surface area contributed by atoms with E-state index >= 15 is 0 Å². The smallest absolute Gasteiger partial charge is 0.499 e. The fraction of sp³-hybridized carbons (Fsp3) is 0.500. The third-order valence-electron chi connectivity index (χ3n) is 19.1. The van der Waals surface area contributed by atoms with E-state index in [1.165, 1.54) is 88.1 Å². The number of phenolic OH excluding ortho intramolecular Hbond substituents is 2. The number of fused-ring (bicyclic) bond motifs is 4. The first-order valence-electron chi connectivity index (χ1n) is 42.1. The van der Waals surface area contributed by atoms with Crippen LogP contribution in [0.1, 0.15) is 151 Å². The highest BCUT2D eigenvalue weighted by Gasteiger charge is 2.35. The number of phosphoric ester groups is 7. The quantitative estimate of drug-likeness (QED) is 0.00421. The molecule has 0 saturated heterocycles. The van der Waals surface area contributed by atoms with Gasteiger partial charge in [0.15, 0.2) is 10.9 Å². The van der Waals surface area contributed by atoms with Gasteiger partial charge in [0.2, 0.25) is 0 Å². The molecule has 52 heteroatoms. The molecule has 0 fully saturated rings. The number of phenols is 2. The van der Waals surface area contributed by atoms with Crippen LogP contribution in [-0.2, 0) is 110 Å². The molecular formula is C80H112N2O40P8S2. The van der Waals surface area contributed by atoms with Crippen LogP contribution in [0.25, 0.3) is 66.8 Å². The van der Waals surface area contributed by atoms with Crippen LogP contribution < -0.4 is 21.5 Å². The zero-order chi connectivity index (χ0) is 96.0. The van der Waals surface area contributed by atoms with Gasteiger partial charge in [-0.15, -0.1) is 14.0 Å². The molecule has 8 rings (SSSR count). The Morgan fingerprint density at radius 1 is 0.379 bits per heavy atom. The van der Waals surface area contributed by atoms with Gasteiger partial charge in [0, 0.05) is 105 Å². The Hall–Kier alpha value is -5.62. The van der Waals surface area contributed by atoms with E-state index in [0.29, 0.717) is 69.0 Å². The molecule has 2 amide bonds. The van der Waals surface area contributed by atoms with Gasteiger partial charge in [-0.05, 0) is 148 Å². The largest absolute Gasteiger partial charge is 0.508 e. The van der Waals surface area contributed by atoms with Crippen molar-refractivity contribution in [3.05, 3.63) is 153 Å². The van der Waals surface area contributed by atoms with Gasteiger partial charge in [0.1, 0.15) is 40.8 Å². The number of hydrogen-bond acceptors (Lipinski definition) is 34. The number of carbonyl (C=O) groups excluding carboxylic acids is 2. The zero-order valence-corrected chi connectivity index (χ0v) is 81.2. The van der Waals surface area contributed by atoms with Crippen molar-refractivity contribution in [2.24, 2.45) is 11.8 Å². The first-order valence-corrected chi connectivity index (χ1v) is 56.7. The van der Waals surface area contributed by atoms with E-state index in [9.17, 15) is 105 Å².